The average molecular weight is 503 g/mol. The highest BCUT2D eigenvalue weighted by molar-refractivity contribution is 5.91. The monoisotopic (exact) mass is 502 g/mol. The number of rotatable bonds is 5. The second-order valence-corrected chi connectivity index (χ2v) is 11.6. The molecule has 0 spiro atoms. The number of hydrogen-bond acceptors (Lipinski definition) is 4. The van der Waals surface area contributed by atoms with Crippen LogP contribution in [0.15, 0.2) is 24.5 Å². The minimum absolute atomic E-state index is 0.0282. The van der Waals surface area contributed by atoms with E-state index in [0.717, 1.165) is 41.1 Å². The van der Waals surface area contributed by atoms with Crippen molar-refractivity contribution in [2.45, 2.75) is 70.6 Å². The van der Waals surface area contributed by atoms with E-state index in [1.54, 1.807) is 0 Å². The van der Waals surface area contributed by atoms with Gasteiger partial charge in [-0.15, -0.1) is 0 Å². The molecule has 1 aromatic heterocycles. The molecule has 1 aromatic carbocycles. The summed E-state index contributed by atoms with van der Waals surface area (Å²) < 4.78 is 52.5. The Morgan fingerprint density at radius 1 is 1.08 bits per heavy atom. The summed E-state index contributed by atoms with van der Waals surface area (Å²) in [4.78, 5) is 23.9. The second-order valence-electron chi connectivity index (χ2n) is 11.6. The lowest BCUT2D eigenvalue weighted by molar-refractivity contribution is -0.140. The molecule has 9 heteroatoms. The van der Waals surface area contributed by atoms with Crippen LogP contribution in [0.2, 0.25) is 0 Å². The summed E-state index contributed by atoms with van der Waals surface area (Å²) in [6.45, 7) is 1.38. The van der Waals surface area contributed by atoms with Crippen molar-refractivity contribution in [2.24, 2.45) is 23.2 Å². The van der Waals surface area contributed by atoms with Crippen LogP contribution in [-0.4, -0.2) is 27.3 Å². The van der Waals surface area contributed by atoms with Gasteiger partial charge in [0.05, 0.1) is 11.3 Å². The lowest BCUT2D eigenvalue weighted by atomic mass is 9.49. The number of fused-ring (bicyclic) bond motifs is 1. The summed E-state index contributed by atoms with van der Waals surface area (Å²) in [5.74, 6) is 1.71. The Kier molecular flexibility index (Phi) is 5.81. The Morgan fingerprint density at radius 3 is 2.42 bits per heavy atom. The van der Waals surface area contributed by atoms with Crippen LogP contribution in [0.5, 0.6) is 0 Å². The first-order chi connectivity index (χ1) is 17.2. The van der Waals surface area contributed by atoms with E-state index in [1.807, 2.05) is 4.90 Å². The van der Waals surface area contributed by atoms with Crippen molar-refractivity contribution in [3.63, 3.8) is 0 Å². The molecule has 7 rings (SSSR count). The summed E-state index contributed by atoms with van der Waals surface area (Å²) in [6, 6.07) is 3.06. The maximum absolute atomic E-state index is 14.0. The predicted octanol–water partition coefficient (Wildman–Crippen LogP) is 5.74. The number of hydrogen-bond donors (Lipinski definition) is 1. The van der Waals surface area contributed by atoms with Crippen LogP contribution in [0.1, 0.15) is 67.3 Å². The molecule has 1 N–H and O–H groups in total. The molecular weight excluding hydrogens is 472 g/mol. The third kappa shape index (κ3) is 4.62. The molecule has 0 radical (unpaired) electrons. The van der Waals surface area contributed by atoms with Gasteiger partial charge in [0.25, 0.3) is 0 Å². The summed E-state index contributed by atoms with van der Waals surface area (Å²) in [6.07, 6.45) is 5.45. The Morgan fingerprint density at radius 2 is 1.78 bits per heavy atom. The SMILES string of the molecule is O=C(CC12CC3CC(CC(C3)C1)C2)Nc1ncnc2c1CCN(Cc1ccc(C(F)(F)F)c(F)c1)C2. The molecule has 5 nitrogen and oxygen atoms in total. The van der Waals surface area contributed by atoms with Gasteiger partial charge in [-0.2, -0.15) is 13.2 Å². The first-order valence-electron chi connectivity index (χ1n) is 12.9. The topological polar surface area (TPSA) is 58.1 Å². The highest BCUT2D eigenvalue weighted by Gasteiger charge is 2.51. The van der Waals surface area contributed by atoms with Gasteiger partial charge in [-0.3, -0.25) is 9.69 Å². The number of carbonyl (C=O) groups is 1. The van der Waals surface area contributed by atoms with Crippen LogP contribution >= 0.6 is 0 Å². The van der Waals surface area contributed by atoms with Crippen LogP contribution in [0.25, 0.3) is 0 Å². The fourth-order valence-electron chi connectivity index (χ4n) is 7.82. The molecule has 0 unspecified atom stereocenters. The Balaban J connectivity index is 1.11. The summed E-state index contributed by atoms with van der Waals surface area (Å²) in [5.41, 5.74) is 1.07. The number of aromatic nitrogens is 2. The predicted molar refractivity (Wildman–Crippen MR) is 125 cm³/mol. The zero-order chi connectivity index (χ0) is 25.1. The Bertz CT molecular complexity index is 1150. The molecule has 0 saturated heterocycles. The maximum atomic E-state index is 14.0. The third-order valence-corrected chi connectivity index (χ3v) is 8.79. The molecule has 4 fully saturated rings. The minimum atomic E-state index is -4.71. The molecule has 0 atom stereocenters. The van der Waals surface area contributed by atoms with E-state index in [2.05, 4.69) is 15.3 Å². The first kappa shape index (κ1) is 23.8. The number of benzene rings is 1. The van der Waals surface area contributed by atoms with Crippen molar-refractivity contribution < 1.29 is 22.4 Å². The number of alkyl halides is 3. The molecule has 36 heavy (non-hydrogen) atoms. The van der Waals surface area contributed by atoms with Gasteiger partial charge in [0.1, 0.15) is 18.0 Å². The molecule has 4 aliphatic carbocycles. The number of carbonyl (C=O) groups excluding carboxylic acids is 1. The lowest BCUT2D eigenvalue weighted by Crippen LogP contribution is -2.47. The van der Waals surface area contributed by atoms with Crippen LogP contribution in [0.4, 0.5) is 23.4 Å². The zero-order valence-corrected chi connectivity index (χ0v) is 20.1. The van der Waals surface area contributed by atoms with Gasteiger partial charge in [0.2, 0.25) is 5.91 Å². The van der Waals surface area contributed by atoms with Crippen LogP contribution < -0.4 is 5.32 Å². The molecular formula is C27H30F4N4O. The summed E-state index contributed by atoms with van der Waals surface area (Å²) >= 11 is 0. The molecule has 2 aromatic rings. The van der Waals surface area contributed by atoms with Crippen molar-refractivity contribution in [3.05, 3.63) is 52.7 Å². The van der Waals surface area contributed by atoms with Gasteiger partial charge < -0.3 is 5.32 Å². The molecule has 1 aliphatic heterocycles. The average Bonchev–Trinajstić information content (AvgIpc) is 2.77. The maximum Gasteiger partial charge on any atom is 0.419 e. The number of nitrogens with one attached hydrogen (secondary N) is 1. The Hall–Kier alpha value is -2.55. The molecule has 5 aliphatic rings. The van der Waals surface area contributed by atoms with Gasteiger partial charge >= 0.3 is 6.18 Å². The number of nitrogens with zero attached hydrogens (tertiary/aromatic N) is 3. The van der Waals surface area contributed by atoms with Gasteiger partial charge in [-0.1, -0.05) is 6.07 Å². The molecule has 1 amide bonds. The number of amides is 1. The summed E-state index contributed by atoms with van der Waals surface area (Å²) in [7, 11) is 0. The van der Waals surface area contributed by atoms with Crippen molar-refractivity contribution in [1.29, 1.82) is 0 Å². The van der Waals surface area contributed by atoms with E-state index in [9.17, 15) is 22.4 Å². The van der Waals surface area contributed by atoms with E-state index < -0.39 is 17.6 Å². The van der Waals surface area contributed by atoms with Crippen molar-refractivity contribution in [3.8, 4) is 0 Å². The van der Waals surface area contributed by atoms with Crippen molar-refractivity contribution in [2.75, 3.05) is 11.9 Å². The van der Waals surface area contributed by atoms with Gasteiger partial charge in [-0.25, -0.2) is 14.4 Å². The highest BCUT2D eigenvalue weighted by Crippen LogP contribution is 2.61. The number of halogens is 4. The fourth-order valence-corrected chi connectivity index (χ4v) is 7.82. The van der Waals surface area contributed by atoms with Gasteiger partial charge in [-0.05, 0) is 85.8 Å². The largest absolute Gasteiger partial charge is 0.419 e. The van der Waals surface area contributed by atoms with E-state index in [1.165, 1.54) is 50.9 Å². The first-order valence-corrected chi connectivity index (χ1v) is 12.9. The Labute approximate surface area is 207 Å². The van der Waals surface area contributed by atoms with Crippen molar-refractivity contribution >= 4 is 11.7 Å². The van der Waals surface area contributed by atoms with E-state index in [-0.39, 0.29) is 11.3 Å². The third-order valence-electron chi connectivity index (χ3n) is 8.79. The molecule has 192 valence electrons. The highest BCUT2D eigenvalue weighted by atomic mass is 19.4. The second kappa shape index (κ2) is 8.78. The van der Waals surface area contributed by atoms with Gasteiger partial charge in [0.15, 0.2) is 0 Å². The molecule has 2 heterocycles. The summed E-state index contributed by atoms with van der Waals surface area (Å²) in [5, 5.41) is 3.07. The van der Waals surface area contributed by atoms with E-state index in [4.69, 9.17) is 0 Å². The number of anilines is 1. The quantitative estimate of drug-likeness (QED) is 0.530. The van der Waals surface area contributed by atoms with E-state index >= 15 is 0 Å². The van der Waals surface area contributed by atoms with Crippen LogP contribution in [-0.2, 0) is 30.5 Å². The minimum Gasteiger partial charge on any atom is -0.310 e. The normalized spacial score (nSPS) is 29.3. The van der Waals surface area contributed by atoms with E-state index in [0.29, 0.717) is 43.9 Å². The van der Waals surface area contributed by atoms with Gasteiger partial charge in [0, 0.05) is 31.6 Å². The van der Waals surface area contributed by atoms with Crippen molar-refractivity contribution in [1.82, 2.24) is 14.9 Å². The smallest absolute Gasteiger partial charge is 0.310 e. The molecule has 4 bridgehead atoms. The zero-order valence-electron chi connectivity index (χ0n) is 20.1. The fraction of sp³-hybridized carbons (Fsp3) is 0.593. The van der Waals surface area contributed by atoms with Crippen LogP contribution in [0.3, 0.4) is 0 Å². The standard InChI is InChI=1S/C27H30F4N4O/c28-22-8-16(1-2-21(22)27(29,30)31)13-35-4-3-20-23(14-35)32-15-33-25(20)34-24(36)12-26-9-17-5-18(10-26)7-19(6-17)11-26/h1-2,8,15,17-19H,3-7,9-14H2,(H,32,33,34,36). The lowest BCUT2D eigenvalue weighted by Gasteiger charge is -2.56. The van der Waals surface area contributed by atoms with Crippen LogP contribution in [0, 0.1) is 29.0 Å². The molecule has 4 saturated carbocycles.